The molecule has 0 saturated carbocycles. The summed E-state index contributed by atoms with van der Waals surface area (Å²) in [6, 6.07) is 0. The first-order valence-electron chi connectivity index (χ1n) is 9.76. The van der Waals surface area contributed by atoms with Crippen molar-refractivity contribution in [2.24, 2.45) is 0 Å². The fourth-order valence-corrected chi connectivity index (χ4v) is 1.24. The minimum Gasteiger partial charge on any atom is -0.479 e. The number of aliphatic hydroxyl groups is 12. The Hall–Kier alpha value is -2.20. The Bertz CT molecular complexity index is 534. The van der Waals surface area contributed by atoms with E-state index >= 15 is 0 Å². The predicted octanol–water partition coefficient (Wildman–Crippen LogP) is -7.85. The van der Waals surface area contributed by atoms with Crippen LogP contribution >= 0.6 is 0 Å². The van der Waals surface area contributed by atoms with Crippen LogP contribution in [0.25, 0.3) is 0 Å². The van der Waals surface area contributed by atoms with Crippen molar-refractivity contribution in [3.8, 4) is 0 Å². The molecule has 36 heavy (non-hydrogen) atoms. The van der Waals surface area contributed by atoms with E-state index in [0.717, 1.165) is 0 Å². The number of carbonyl (C=O) groups is 4. The lowest BCUT2D eigenvalue weighted by Crippen LogP contribution is -2.46. The van der Waals surface area contributed by atoms with E-state index in [1.807, 2.05) is 0 Å². The second-order valence-electron chi connectivity index (χ2n) is 6.74. The molecule has 0 spiro atoms. The van der Waals surface area contributed by atoms with Gasteiger partial charge in [-0.2, -0.15) is 0 Å². The molecular formula is C18H36O18. The van der Waals surface area contributed by atoms with E-state index in [2.05, 4.69) is 0 Å². The maximum absolute atomic E-state index is 9.90. The Morgan fingerprint density at radius 2 is 0.750 bits per heavy atom. The van der Waals surface area contributed by atoms with Crippen LogP contribution in [0.15, 0.2) is 0 Å². The highest BCUT2D eigenvalue weighted by Crippen LogP contribution is 2.03. The van der Waals surface area contributed by atoms with Gasteiger partial charge >= 0.3 is 11.9 Å². The number of carboxylic acids is 2. The monoisotopic (exact) mass is 540 g/mol. The van der Waals surface area contributed by atoms with E-state index in [1.165, 1.54) is 13.8 Å². The average Bonchev–Trinajstić information content (AvgIpc) is 2.85. The second-order valence-corrected chi connectivity index (χ2v) is 6.74. The number of aldehydes is 2. The van der Waals surface area contributed by atoms with Crippen LogP contribution in [0.5, 0.6) is 0 Å². The Balaban J connectivity index is -0.000000200. The fourth-order valence-electron chi connectivity index (χ4n) is 1.24. The highest BCUT2D eigenvalue weighted by Gasteiger charge is 2.30. The molecule has 0 fully saturated rings. The van der Waals surface area contributed by atoms with Crippen LogP contribution in [0.1, 0.15) is 13.8 Å². The van der Waals surface area contributed by atoms with Gasteiger partial charge in [0, 0.05) is 0 Å². The van der Waals surface area contributed by atoms with Crippen LogP contribution < -0.4 is 0 Å². The molecule has 0 radical (unpaired) electrons. The summed E-state index contributed by atoms with van der Waals surface area (Å²) in [6.45, 7) is 0.873. The number of rotatable bonds is 12. The summed E-state index contributed by atoms with van der Waals surface area (Å²) in [5, 5.41) is 119. The summed E-state index contributed by atoms with van der Waals surface area (Å²) in [4.78, 5) is 38.7. The predicted molar refractivity (Wildman–Crippen MR) is 113 cm³/mol. The molecule has 10 unspecified atom stereocenters. The normalized spacial score (nSPS) is 18.6. The molecule has 0 aliphatic heterocycles. The van der Waals surface area contributed by atoms with Gasteiger partial charge in [0.1, 0.15) is 61.0 Å². The summed E-state index contributed by atoms with van der Waals surface area (Å²) in [5.74, 6) is -2.37. The van der Waals surface area contributed by atoms with E-state index in [1.54, 1.807) is 0 Å². The van der Waals surface area contributed by atoms with E-state index in [9.17, 15) is 19.2 Å². The smallest absolute Gasteiger partial charge is 0.332 e. The summed E-state index contributed by atoms with van der Waals surface area (Å²) in [6.07, 6.45) is -16.1. The number of carboxylic acid groups (broad SMARTS) is 2. The summed E-state index contributed by atoms with van der Waals surface area (Å²) in [5.41, 5.74) is 0. The van der Waals surface area contributed by atoms with Crippen LogP contribution in [0.2, 0.25) is 0 Å². The Kier molecular flexibility index (Phi) is 26.4. The van der Waals surface area contributed by atoms with Crippen molar-refractivity contribution in [3.05, 3.63) is 0 Å². The molecule has 10 atom stereocenters. The van der Waals surface area contributed by atoms with Gasteiger partial charge in [-0.1, -0.05) is 0 Å². The van der Waals surface area contributed by atoms with Crippen LogP contribution in [0.3, 0.4) is 0 Å². The quantitative estimate of drug-likeness (QED) is 0.102. The van der Waals surface area contributed by atoms with Crippen LogP contribution in [-0.2, 0) is 19.2 Å². The Morgan fingerprint density at radius 3 is 0.861 bits per heavy atom. The maximum atomic E-state index is 9.90. The first kappa shape index (κ1) is 40.9. The van der Waals surface area contributed by atoms with Gasteiger partial charge in [0.25, 0.3) is 0 Å². The topological polar surface area (TPSA) is 352 Å². The van der Waals surface area contributed by atoms with Gasteiger partial charge in [-0.15, -0.1) is 0 Å². The molecule has 0 aliphatic rings. The van der Waals surface area contributed by atoms with E-state index in [4.69, 9.17) is 71.5 Å². The van der Waals surface area contributed by atoms with Gasteiger partial charge in [0.15, 0.2) is 12.6 Å². The first-order valence-corrected chi connectivity index (χ1v) is 9.76. The zero-order valence-corrected chi connectivity index (χ0v) is 19.2. The van der Waals surface area contributed by atoms with Crippen LogP contribution in [-0.4, -0.2) is 170 Å². The van der Waals surface area contributed by atoms with Crippen LogP contribution in [0, 0.1) is 0 Å². The standard InChI is InChI=1S/2C6H12O6.2C3H6O3/c2*7-1-3(9)5(11)6(12)4(10)2-8;2*1-2(4)3(5)6/h2*1,3-6,8-12H,2H2;2*2,4H,1H3,(H,5,6). The van der Waals surface area contributed by atoms with Gasteiger partial charge in [-0.05, 0) is 13.8 Å². The lowest BCUT2D eigenvalue weighted by molar-refractivity contribution is -0.146. The van der Waals surface area contributed by atoms with E-state index < -0.39 is 86.2 Å². The van der Waals surface area contributed by atoms with Crippen molar-refractivity contribution in [1.29, 1.82) is 0 Å². The molecule has 216 valence electrons. The number of aliphatic carboxylic acids is 2. The zero-order chi connectivity index (χ0) is 29.8. The fraction of sp³-hybridized carbons (Fsp3) is 0.778. The molecule has 0 heterocycles. The molecule has 0 saturated heterocycles. The molecule has 0 aliphatic carbocycles. The van der Waals surface area contributed by atoms with E-state index in [-0.39, 0.29) is 12.6 Å². The van der Waals surface area contributed by atoms with E-state index in [0.29, 0.717) is 0 Å². The lowest BCUT2D eigenvalue weighted by atomic mass is 10.0. The third-order valence-electron chi connectivity index (χ3n) is 3.56. The molecular weight excluding hydrogens is 504 g/mol. The van der Waals surface area contributed by atoms with Crippen molar-refractivity contribution in [2.45, 2.75) is 74.9 Å². The second kappa shape index (κ2) is 23.2. The molecule has 0 amide bonds. The largest absolute Gasteiger partial charge is 0.479 e. The lowest BCUT2D eigenvalue weighted by Gasteiger charge is -2.22. The minimum absolute atomic E-state index is 0.0258. The molecule has 0 aromatic rings. The molecule has 0 aromatic heterocycles. The Labute approximate surface area is 204 Å². The highest BCUT2D eigenvalue weighted by atomic mass is 16.4. The van der Waals surface area contributed by atoms with Crippen molar-refractivity contribution >= 4 is 24.5 Å². The number of hydrogen-bond acceptors (Lipinski definition) is 16. The Morgan fingerprint density at radius 1 is 0.556 bits per heavy atom. The maximum Gasteiger partial charge on any atom is 0.332 e. The SMILES string of the molecule is CC(O)C(=O)O.CC(O)C(=O)O.O=CC(O)C(O)C(O)C(O)CO.O=CC(O)C(O)C(O)C(O)CO. The average molecular weight is 540 g/mol. The van der Waals surface area contributed by atoms with Crippen molar-refractivity contribution in [3.63, 3.8) is 0 Å². The molecule has 18 heteroatoms. The molecule has 0 bridgehead atoms. The van der Waals surface area contributed by atoms with Gasteiger partial charge in [-0.25, -0.2) is 9.59 Å². The van der Waals surface area contributed by atoms with Crippen molar-refractivity contribution < 1.29 is 90.7 Å². The third-order valence-corrected chi connectivity index (χ3v) is 3.56. The minimum atomic E-state index is -1.79. The molecule has 0 aromatic carbocycles. The van der Waals surface area contributed by atoms with Crippen LogP contribution in [0.4, 0.5) is 0 Å². The zero-order valence-electron chi connectivity index (χ0n) is 19.2. The third kappa shape index (κ3) is 21.1. The van der Waals surface area contributed by atoms with Crippen molar-refractivity contribution in [1.82, 2.24) is 0 Å². The van der Waals surface area contributed by atoms with Gasteiger partial charge in [-0.3, -0.25) is 0 Å². The van der Waals surface area contributed by atoms with Gasteiger partial charge < -0.3 is 81.1 Å². The molecule has 18 nitrogen and oxygen atoms in total. The summed E-state index contributed by atoms with van der Waals surface area (Å²) >= 11 is 0. The molecule has 0 rings (SSSR count). The number of hydrogen-bond donors (Lipinski definition) is 14. The van der Waals surface area contributed by atoms with Gasteiger partial charge in [0.05, 0.1) is 13.2 Å². The first-order chi connectivity index (χ1) is 16.4. The number of aliphatic hydroxyl groups excluding tert-OH is 12. The van der Waals surface area contributed by atoms with Gasteiger partial charge in [0.2, 0.25) is 0 Å². The summed E-state index contributed by atoms with van der Waals surface area (Å²) in [7, 11) is 0. The molecule has 14 N–H and O–H groups in total. The highest BCUT2D eigenvalue weighted by molar-refractivity contribution is 5.71. The summed E-state index contributed by atoms with van der Waals surface area (Å²) < 4.78 is 0. The van der Waals surface area contributed by atoms with Crippen molar-refractivity contribution in [2.75, 3.05) is 13.2 Å². The number of carbonyl (C=O) groups excluding carboxylic acids is 2.